The standard InChI is InChI=1S/C13H11N3O2/c1-16-7-8(9-4-2-3-5-11(9)16)6-10-12(17)15-13(18)14-10/h2-7H,1H3,(H2,14,15,17,18)/b10-6-. The van der Waals surface area contributed by atoms with Gasteiger partial charge in [-0.15, -0.1) is 0 Å². The van der Waals surface area contributed by atoms with Crippen molar-refractivity contribution in [1.29, 1.82) is 0 Å². The summed E-state index contributed by atoms with van der Waals surface area (Å²) in [6, 6.07) is 7.41. The summed E-state index contributed by atoms with van der Waals surface area (Å²) in [5.41, 5.74) is 2.26. The highest BCUT2D eigenvalue weighted by Gasteiger charge is 2.23. The first-order valence-corrected chi connectivity index (χ1v) is 5.53. The number of amides is 3. The number of aryl methyl sites for hydroxylation is 1. The number of nitrogens with zero attached hydrogens (tertiary/aromatic N) is 1. The van der Waals surface area contributed by atoms with Gasteiger partial charge in [-0.3, -0.25) is 10.1 Å². The molecule has 0 atom stereocenters. The second-order valence-electron chi connectivity index (χ2n) is 4.18. The average molecular weight is 241 g/mol. The van der Waals surface area contributed by atoms with Gasteiger partial charge in [0, 0.05) is 29.7 Å². The molecule has 3 amide bonds. The van der Waals surface area contributed by atoms with Crippen LogP contribution in [0.25, 0.3) is 17.0 Å². The van der Waals surface area contributed by atoms with Crippen molar-refractivity contribution < 1.29 is 9.59 Å². The summed E-state index contributed by atoms with van der Waals surface area (Å²) in [5.74, 6) is -0.395. The molecule has 1 fully saturated rings. The first kappa shape index (κ1) is 10.6. The zero-order chi connectivity index (χ0) is 12.7. The SMILES string of the molecule is Cn1cc(/C=C2\NC(=O)NC2=O)c2ccccc21. The Kier molecular flexibility index (Phi) is 2.19. The highest BCUT2D eigenvalue weighted by atomic mass is 16.2. The summed E-state index contributed by atoms with van der Waals surface area (Å²) in [4.78, 5) is 22.5. The van der Waals surface area contributed by atoms with Gasteiger partial charge < -0.3 is 9.88 Å². The van der Waals surface area contributed by atoms with E-state index in [1.807, 2.05) is 42.1 Å². The highest BCUT2D eigenvalue weighted by molar-refractivity contribution is 6.14. The van der Waals surface area contributed by atoms with E-state index in [9.17, 15) is 9.59 Å². The maximum Gasteiger partial charge on any atom is 0.326 e. The summed E-state index contributed by atoms with van der Waals surface area (Å²) in [6.45, 7) is 0. The van der Waals surface area contributed by atoms with Crippen molar-refractivity contribution in [1.82, 2.24) is 15.2 Å². The molecule has 90 valence electrons. The smallest absolute Gasteiger partial charge is 0.326 e. The van der Waals surface area contributed by atoms with Crippen LogP contribution in [0.5, 0.6) is 0 Å². The fourth-order valence-corrected chi connectivity index (χ4v) is 2.13. The molecule has 2 heterocycles. The Balaban J connectivity index is 2.13. The molecule has 1 aromatic heterocycles. The molecule has 5 heteroatoms. The van der Waals surface area contributed by atoms with Gasteiger partial charge in [0.15, 0.2) is 0 Å². The van der Waals surface area contributed by atoms with Crippen molar-refractivity contribution in [3.8, 4) is 0 Å². The van der Waals surface area contributed by atoms with Crippen molar-refractivity contribution in [2.24, 2.45) is 7.05 Å². The Labute approximate surface area is 103 Å². The molecule has 1 aliphatic heterocycles. The van der Waals surface area contributed by atoms with Crippen molar-refractivity contribution in [3.05, 3.63) is 41.7 Å². The lowest BCUT2D eigenvalue weighted by molar-refractivity contribution is -0.115. The summed E-state index contributed by atoms with van der Waals surface area (Å²) in [5, 5.41) is 5.70. The Morgan fingerprint density at radius 1 is 1.17 bits per heavy atom. The van der Waals surface area contributed by atoms with Crippen molar-refractivity contribution in [2.45, 2.75) is 0 Å². The minimum absolute atomic E-state index is 0.274. The van der Waals surface area contributed by atoms with Crippen LogP contribution >= 0.6 is 0 Å². The van der Waals surface area contributed by atoms with Crippen LogP contribution in [0, 0.1) is 0 Å². The first-order valence-electron chi connectivity index (χ1n) is 5.53. The van der Waals surface area contributed by atoms with Crippen LogP contribution in [0.1, 0.15) is 5.56 Å². The number of hydrogen-bond donors (Lipinski definition) is 2. The fourth-order valence-electron chi connectivity index (χ4n) is 2.13. The van der Waals surface area contributed by atoms with E-state index in [2.05, 4.69) is 10.6 Å². The number of nitrogens with one attached hydrogen (secondary N) is 2. The van der Waals surface area contributed by atoms with E-state index in [-0.39, 0.29) is 5.70 Å². The van der Waals surface area contributed by atoms with Crippen molar-refractivity contribution in [2.75, 3.05) is 0 Å². The maximum absolute atomic E-state index is 11.5. The molecule has 0 aliphatic carbocycles. The highest BCUT2D eigenvalue weighted by Crippen LogP contribution is 2.22. The topological polar surface area (TPSA) is 63.1 Å². The van der Waals surface area contributed by atoms with E-state index in [0.29, 0.717) is 0 Å². The van der Waals surface area contributed by atoms with Gasteiger partial charge in [0.2, 0.25) is 0 Å². The molecule has 0 radical (unpaired) electrons. The summed E-state index contributed by atoms with van der Waals surface area (Å²) in [6.07, 6.45) is 3.61. The minimum atomic E-state index is -0.480. The van der Waals surface area contributed by atoms with E-state index < -0.39 is 11.9 Å². The van der Waals surface area contributed by atoms with Crippen molar-refractivity contribution in [3.63, 3.8) is 0 Å². The molecule has 1 aromatic carbocycles. The Bertz CT molecular complexity index is 697. The molecule has 0 unspecified atom stereocenters. The molecule has 0 spiro atoms. The number of hydrogen-bond acceptors (Lipinski definition) is 2. The monoisotopic (exact) mass is 241 g/mol. The molecule has 3 rings (SSSR count). The number of carbonyl (C=O) groups excluding carboxylic acids is 2. The molecule has 2 aromatic rings. The third kappa shape index (κ3) is 1.57. The minimum Gasteiger partial charge on any atom is -0.350 e. The van der Waals surface area contributed by atoms with E-state index in [0.717, 1.165) is 16.5 Å². The first-order chi connectivity index (χ1) is 8.65. The maximum atomic E-state index is 11.5. The summed E-state index contributed by atoms with van der Waals surface area (Å²) in [7, 11) is 1.94. The molecular formula is C13H11N3O2. The van der Waals surface area contributed by atoms with Gasteiger partial charge >= 0.3 is 6.03 Å². The lowest BCUT2D eigenvalue weighted by atomic mass is 10.1. The largest absolute Gasteiger partial charge is 0.350 e. The van der Waals surface area contributed by atoms with E-state index in [4.69, 9.17) is 0 Å². The van der Waals surface area contributed by atoms with Gasteiger partial charge in [0.05, 0.1) is 0 Å². The van der Waals surface area contributed by atoms with Crippen LogP contribution in [0.4, 0.5) is 4.79 Å². The van der Waals surface area contributed by atoms with Gasteiger partial charge in [-0.1, -0.05) is 18.2 Å². The van der Waals surface area contributed by atoms with Crippen molar-refractivity contribution >= 4 is 28.9 Å². The molecular weight excluding hydrogens is 230 g/mol. The molecule has 1 aliphatic rings. The summed E-state index contributed by atoms with van der Waals surface area (Å²) < 4.78 is 1.98. The van der Waals surface area contributed by atoms with Gasteiger partial charge in [0.25, 0.3) is 5.91 Å². The fraction of sp³-hybridized carbons (Fsp3) is 0.0769. The van der Waals surface area contributed by atoms with Crippen LogP contribution in [-0.2, 0) is 11.8 Å². The predicted octanol–water partition coefficient (Wildman–Crippen LogP) is 1.36. The lowest BCUT2D eigenvalue weighted by Crippen LogP contribution is -2.22. The second-order valence-corrected chi connectivity index (χ2v) is 4.18. The third-order valence-corrected chi connectivity index (χ3v) is 2.95. The van der Waals surface area contributed by atoms with Gasteiger partial charge in [0.1, 0.15) is 5.70 Å². The van der Waals surface area contributed by atoms with Gasteiger partial charge in [-0.05, 0) is 12.1 Å². The van der Waals surface area contributed by atoms with Crippen LogP contribution in [0.2, 0.25) is 0 Å². The van der Waals surface area contributed by atoms with Crippen LogP contribution in [-0.4, -0.2) is 16.5 Å². The van der Waals surface area contributed by atoms with E-state index in [1.54, 1.807) is 6.08 Å². The predicted molar refractivity (Wildman–Crippen MR) is 67.6 cm³/mol. The number of carbonyl (C=O) groups is 2. The molecule has 0 saturated carbocycles. The quantitative estimate of drug-likeness (QED) is 0.585. The van der Waals surface area contributed by atoms with E-state index in [1.165, 1.54) is 0 Å². The zero-order valence-corrected chi connectivity index (χ0v) is 9.73. The average Bonchev–Trinajstić information content (AvgIpc) is 2.82. The summed E-state index contributed by atoms with van der Waals surface area (Å²) >= 11 is 0. The number of benzene rings is 1. The number of rotatable bonds is 1. The zero-order valence-electron chi connectivity index (χ0n) is 9.73. The van der Waals surface area contributed by atoms with Gasteiger partial charge in [-0.2, -0.15) is 0 Å². The molecule has 2 N–H and O–H groups in total. The number of fused-ring (bicyclic) bond motifs is 1. The molecule has 1 saturated heterocycles. The normalized spacial score (nSPS) is 17.3. The van der Waals surface area contributed by atoms with Crippen LogP contribution in [0.15, 0.2) is 36.2 Å². The number of para-hydroxylation sites is 1. The van der Waals surface area contributed by atoms with Gasteiger partial charge in [-0.25, -0.2) is 4.79 Å². The van der Waals surface area contributed by atoms with Crippen LogP contribution < -0.4 is 10.6 Å². The van der Waals surface area contributed by atoms with Crippen LogP contribution in [0.3, 0.4) is 0 Å². The number of imide groups is 1. The third-order valence-electron chi connectivity index (χ3n) is 2.95. The lowest BCUT2D eigenvalue weighted by Gasteiger charge is -1.94. The second kappa shape index (κ2) is 3.73. The Morgan fingerprint density at radius 3 is 2.67 bits per heavy atom. The Morgan fingerprint density at radius 2 is 1.94 bits per heavy atom. The Hall–Kier alpha value is -2.56. The van der Waals surface area contributed by atoms with E-state index >= 15 is 0 Å². The number of urea groups is 1. The molecule has 18 heavy (non-hydrogen) atoms. The molecule has 0 bridgehead atoms. The number of aromatic nitrogens is 1. The molecule has 5 nitrogen and oxygen atoms in total.